The number of carboxylic acid groups (broad SMARTS) is 1. The van der Waals surface area contributed by atoms with E-state index in [1.807, 2.05) is 20.8 Å². The third kappa shape index (κ3) is 5.56. The maximum Gasteiger partial charge on any atom is 0.338 e. The number of rotatable bonds is 7. The van der Waals surface area contributed by atoms with E-state index in [9.17, 15) is 14.0 Å². The van der Waals surface area contributed by atoms with E-state index in [4.69, 9.17) is 26.2 Å². The van der Waals surface area contributed by atoms with Gasteiger partial charge in [-0.15, -0.1) is 0 Å². The van der Waals surface area contributed by atoms with E-state index in [0.29, 0.717) is 30.8 Å². The lowest BCUT2D eigenvalue weighted by molar-refractivity contribution is -0.113. The van der Waals surface area contributed by atoms with Gasteiger partial charge in [-0.05, 0) is 57.9 Å². The summed E-state index contributed by atoms with van der Waals surface area (Å²) in [6.45, 7) is 6.05. The Hall–Kier alpha value is -2.38. The number of carboxylic acids is 1. The first-order valence-electron chi connectivity index (χ1n) is 8.95. The van der Waals surface area contributed by atoms with E-state index in [1.54, 1.807) is 0 Å². The van der Waals surface area contributed by atoms with Crippen LogP contribution in [0.15, 0.2) is 40.6 Å². The fourth-order valence-electron chi connectivity index (χ4n) is 2.80. The van der Waals surface area contributed by atoms with E-state index in [1.165, 1.54) is 12.1 Å². The smallest absolute Gasteiger partial charge is 0.338 e. The van der Waals surface area contributed by atoms with Gasteiger partial charge in [-0.3, -0.25) is 4.79 Å². The summed E-state index contributed by atoms with van der Waals surface area (Å²) in [4.78, 5) is 23.5. The SMILES string of the molecule is CCOC1=C(Cl)C=C(C(=O)Nc2ccc(C(=O)O)c(F)c2)CCC1OC(C)C. The molecular weight excluding hydrogens is 389 g/mol. The highest BCUT2D eigenvalue weighted by Gasteiger charge is 2.26. The van der Waals surface area contributed by atoms with Crippen LogP contribution in [0.1, 0.15) is 44.0 Å². The molecule has 6 nitrogen and oxygen atoms in total. The molecule has 0 heterocycles. The molecule has 28 heavy (non-hydrogen) atoms. The highest BCUT2D eigenvalue weighted by Crippen LogP contribution is 2.30. The highest BCUT2D eigenvalue weighted by molar-refractivity contribution is 6.32. The van der Waals surface area contributed by atoms with E-state index >= 15 is 0 Å². The molecule has 0 radical (unpaired) electrons. The Morgan fingerprint density at radius 1 is 1.39 bits per heavy atom. The van der Waals surface area contributed by atoms with Crippen LogP contribution >= 0.6 is 11.6 Å². The Balaban J connectivity index is 2.20. The Kier molecular flexibility index (Phi) is 7.60. The average molecular weight is 412 g/mol. The Labute approximate surface area is 168 Å². The first-order chi connectivity index (χ1) is 13.2. The van der Waals surface area contributed by atoms with Crippen LogP contribution in [0.4, 0.5) is 10.1 Å². The summed E-state index contributed by atoms with van der Waals surface area (Å²) in [6.07, 6.45) is 1.98. The summed E-state index contributed by atoms with van der Waals surface area (Å²) in [5.41, 5.74) is 0.0743. The number of hydrogen-bond acceptors (Lipinski definition) is 4. The van der Waals surface area contributed by atoms with E-state index < -0.39 is 23.3 Å². The molecule has 2 rings (SSSR count). The van der Waals surface area contributed by atoms with Crippen LogP contribution in [0.25, 0.3) is 0 Å². The largest absolute Gasteiger partial charge is 0.494 e. The van der Waals surface area contributed by atoms with Crippen molar-refractivity contribution in [1.29, 1.82) is 0 Å². The lowest BCUT2D eigenvalue weighted by atomic mass is 10.1. The van der Waals surface area contributed by atoms with Crippen molar-refractivity contribution in [3.05, 3.63) is 52.0 Å². The summed E-state index contributed by atoms with van der Waals surface area (Å²) in [6, 6.07) is 3.39. The molecule has 0 saturated heterocycles. The van der Waals surface area contributed by atoms with Crippen molar-refractivity contribution in [3.8, 4) is 0 Å². The molecule has 152 valence electrons. The summed E-state index contributed by atoms with van der Waals surface area (Å²) in [5, 5.41) is 11.7. The number of halogens is 2. The molecule has 1 aromatic rings. The van der Waals surface area contributed by atoms with Crippen LogP contribution in [0, 0.1) is 5.82 Å². The van der Waals surface area contributed by atoms with Crippen LogP contribution in [-0.4, -0.2) is 35.8 Å². The summed E-state index contributed by atoms with van der Waals surface area (Å²) in [5.74, 6) is -2.28. The van der Waals surface area contributed by atoms with Crippen LogP contribution in [0.5, 0.6) is 0 Å². The fourth-order valence-corrected chi connectivity index (χ4v) is 3.11. The molecule has 0 spiro atoms. The number of carbonyl (C=O) groups is 2. The van der Waals surface area contributed by atoms with Gasteiger partial charge in [-0.25, -0.2) is 9.18 Å². The first-order valence-corrected chi connectivity index (χ1v) is 9.33. The third-order valence-corrected chi connectivity index (χ3v) is 4.29. The van der Waals surface area contributed by atoms with Gasteiger partial charge >= 0.3 is 5.97 Å². The minimum Gasteiger partial charge on any atom is -0.494 e. The molecule has 0 aliphatic heterocycles. The molecule has 0 bridgehead atoms. The van der Waals surface area contributed by atoms with Gasteiger partial charge in [0.2, 0.25) is 0 Å². The number of allylic oxidation sites excluding steroid dienone is 2. The second-order valence-corrected chi connectivity index (χ2v) is 6.89. The Morgan fingerprint density at radius 2 is 2.11 bits per heavy atom. The maximum atomic E-state index is 13.8. The lowest BCUT2D eigenvalue weighted by Gasteiger charge is -2.22. The molecule has 2 N–H and O–H groups in total. The highest BCUT2D eigenvalue weighted by atomic mass is 35.5. The molecule has 8 heteroatoms. The second kappa shape index (κ2) is 9.71. The number of benzene rings is 1. The van der Waals surface area contributed by atoms with Gasteiger partial charge in [-0.2, -0.15) is 0 Å². The molecule has 1 amide bonds. The molecule has 0 saturated carbocycles. The van der Waals surface area contributed by atoms with Gasteiger partial charge in [0, 0.05) is 11.3 Å². The van der Waals surface area contributed by atoms with Crippen LogP contribution in [0.3, 0.4) is 0 Å². The Bertz CT molecular complexity index is 819. The molecule has 1 atom stereocenters. The number of nitrogens with one attached hydrogen (secondary N) is 1. The second-order valence-electron chi connectivity index (χ2n) is 6.48. The van der Waals surface area contributed by atoms with E-state index in [0.717, 1.165) is 12.1 Å². The quantitative estimate of drug-likeness (QED) is 0.691. The normalized spacial score (nSPS) is 17.2. The molecular formula is C20H23ClFNO5. The summed E-state index contributed by atoms with van der Waals surface area (Å²) >= 11 is 6.36. The number of carbonyl (C=O) groups excluding carboxylic acids is 1. The number of aromatic carboxylic acids is 1. The van der Waals surface area contributed by atoms with Crippen molar-refractivity contribution in [1.82, 2.24) is 0 Å². The van der Waals surface area contributed by atoms with Gasteiger partial charge in [0.1, 0.15) is 17.7 Å². The minimum atomic E-state index is -1.38. The third-order valence-electron chi connectivity index (χ3n) is 3.99. The molecule has 1 unspecified atom stereocenters. The molecule has 1 aliphatic carbocycles. The van der Waals surface area contributed by atoms with Crippen LogP contribution < -0.4 is 5.32 Å². The van der Waals surface area contributed by atoms with Crippen LogP contribution in [-0.2, 0) is 14.3 Å². The van der Waals surface area contributed by atoms with Crippen molar-refractivity contribution < 1.29 is 28.6 Å². The van der Waals surface area contributed by atoms with Crippen LogP contribution in [0.2, 0.25) is 0 Å². The van der Waals surface area contributed by atoms with E-state index in [2.05, 4.69) is 5.32 Å². The van der Waals surface area contributed by atoms with Gasteiger partial charge in [0.05, 0.1) is 23.3 Å². The van der Waals surface area contributed by atoms with Crippen molar-refractivity contribution in [2.75, 3.05) is 11.9 Å². The fraction of sp³-hybridized carbons (Fsp3) is 0.400. The van der Waals surface area contributed by atoms with Crippen molar-refractivity contribution in [2.24, 2.45) is 0 Å². The van der Waals surface area contributed by atoms with Crippen molar-refractivity contribution >= 4 is 29.2 Å². The lowest BCUT2D eigenvalue weighted by Crippen LogP contribution is -2.22. The predicted octanol–water partition coefficient (Wildman–Crippen LogP) is 4.46. The maximum absolute atomic E-state index is 13.8. The summed E-state index contributed by atoms with van der Waals surface area (Å²) < 4.78 is 25.3. The molecule has 1 aliphatic rings. The molecule has 1 aromatic carbocycles. The first kappa shape index (κ1) is 21.9. The van der Waals surface area contributed by atoms with Gasteiger partial charge in [0.25, 0.3) is 5.91 Å². The average Bonchev–Trinajstić information content (AvgIpc) is 2.75. The number of ether oxygens (including phenoxy) is 2. The van der Waals surface area contributed by atoms with Gasteiger partial charge in [-0.1, -0.05) is 11.6 Å². The number of hydrogen-bond donors (Lipinski definition) is 2. The zero-order valence-electron chi connectivity index (χ0n) is 15.9. The number of anilines is 1. The summed E-state index contributed by atoms with van der Waals surface area (Å²) in [7, 11) is 0. The monoisotopic (exact) mass is 411 g/mol. The van der Waals surface area contributed by atoms with E-state index in [-0.39, 0.29) is 22.9 Å². The Morgan fingerprint density at radius 3 is 2.68 bits per heavy atom. The number of amides is 1. The topological polar surface area (TPSA) is 84.9 Å². The van der Waals surface area contributed by atoms with Gasteiger partial charge in [0.15, 0.2) is 0 Å². The predicted molar refractivity (Wildman–Crippen MR) is 104 cm³/mol. The minimum absolute atomic E-state index is 0.0453. The zero-order valence-corrected chi connectivity index (χ0v) is 16.7. The zero-order chi connectivity index (χ0) is 20.8. The van der Waals surface area contributed by atoms with Crippen molar-refractivity contribution in [2.45, 2.75) is 45.8 Å². The standard InChI is InChI=1S/C20H23ClFNO5/c1-4-27-18-15(21)9-12(5-8-17(18)28-11(2)3)19(24)23-13-6-7-14(20(25)26)16(22)10-13/h6-7,9-11,17H,4-5,8H2,1-3H3,(H,23,24)(H,25,26). The molecule has 0 aromatic heterocycles. The van der Waals surface area contributed by atoms with Crippen molar-refractivity contribution in [3.63, 3.8) is 0 Å². The molecule has 0 fully saturated rings. The van der Waals surface area contributed by atoms with Gasteiger partial charge < -0.3 is 19.9 Å².